The minimum Gasteiger partial charge on any atom is -0.481 e. The summed E-state index contributed by atoms with van der Waals surface area (Å²) in [6.45, 7) is 1.56. The maximum atomic E-state index is 6.37. The Bertz CT molecular complexity index is 599. The molecule has 0 fully saturated rings. The lowest BCUT2D eigenvalue weighted by molar-refractivity contribution is 0.366. The molecule has 2 aromatic heterocycles. The summed E-state index contributed by atoms with van der Waals surface area (Å²) < 4.78 is 7.10. The molecular weight excluding hydrogens is 290 g/mol. The SMILES string of the molecule is COc1ncccc1C(N)c1c(Cl)cnn1CCN(C)C. The molecule has 1 atom stereocenters. The van der Waals surface area contributed by atoms with E-state index in [1.54, 1.807) is 19.5 Å². The zero-order valence-electron chi connectivity index (χ0n) is 12.5. The zero-order valence-corrected chi connectivity index (χ0v) is 13.2. The van der Waals surface area contributed by atoms with E-state index in [1.807, 2.05) is 30.9 Å². The van der Waals surface area contributed by atoms with Gasteiger partial charge in [0.1, 0.15) is 0 Å². The number of pyridine rings is 1. The van der Waals surface area contributed by atoms with Gasteiger partial charge in [-0.1, -0.05) is 17.7 Å². The van der Waals surface area contributed by atoms with E-state index in [9.17, 15) is 0 Å². The van der Waals surface area contributed by atoms with E-state index in [4.69, 9.17) is 22.1 Å². The highest BCUT2D eigenvalue weighted by Crippen LogP contribution is 2.30. The number of rotatable bonds is 6. The standard InChI is InChI=1S/C14H20ClN5O/c1-19(2)7-8-20-13(11(15)9-18-20)12(16)10-5-4-6-17-14(10)21-3/h4-6,9,12H,7-8,16H2,1-3H3. The van der Waals surface area contributed by atoms with Crippen LogP contribution in [0.1, 0.15) is 17.3 Å². The smallest absolute Gasteiger partial charge is 0.218 e. The Balaban J connectivity index is 2.34. The quantitative estimate of drug-likeness (QED) is 0.877. The van der Waals surface area contributed by atoms with E-state index >= 15 is 0 Å². The Kier molecular flexibility index (Phi) is 5.17. The monoisotopic (exact) mass is 309 g/mol. The first kappa shape index (κ1) is 15.8. The van der Waals surface area contributed by atoms with Crippen molar-refractivity contribution >= 4 is 11.6 Å². The largest absolute Gasteiger partial charge is 0.481 e. The first-order valence-corrected chi connectivity index (χ1v) is 7.02. The zero-order chi connectivity index (χ0) is 15.4. The Morgan fingerprint density at radius 2 is 2.24 bits per heavy atom. The summed E-state index contributed by atoms with van der Waals surface area (Å²) in [5, 5.41) is 4.85. The molecule has 0 aromatic carbocycles. The predicted molar refractivity (Wildman–Crippen MR) is 82.6 cm³/mol. The van der Waals surface area contributed by atoms with Gasteiger partial charge in [-0.25, -0.2) is 4.98 Å². The molecule has 0 saturated carbocycles. The molecule has 21 heavy (non-hydrogen) atoms. The molecule has 2 rings (SSSR count). The van der Waals surface area contributed by atoms with E-state index in [2.05, 4.69) is 15.0 Å². The number of ether oxygens (including phenoxy) is 1. The van der Waals surface area contributed by atoms with Crippen LogP contribution in [0.4, 0.5) is 0 Å². The highest BCUT2D eigenvalue weighted by molar-refractivity contribution is 6.31. The second-order valence-electron chi connectivity index (χ2n) is 4.98. The number of nitrogens with zero attached hydrogens (tertiary/aromatic N) is 4. The first-order valence-electron chi connectivity index (χ1n) is 6.65. The summed E-state index contributed by atoms with van der Waals surface area (Å²) in [4.78, 5) is 6.26. The van der Waals surface area contributed by atoms with Gasteiger partial charge in [0.05, 0.1) is 36.6 Å². The van der Waals surface area contributed by atoms with E-state index < -0.39 is 6.04 Å². The highest BCUT2D eigenvalue weighted by atomic mass is 35.5. The van der Waals surface area contributed by atoms with Crippen LogP contribution in [0.2, 0.25) is 5.02 Å². The van der Waals surface area contributed by atoms with Crippen molar-refractivity contribution in [2.24, 2.45) is 5.73 Å². The molecule has 0 spiro atoms. The van der Waals surface area contributed by atoms with Crippen molar-refractivity contribution in [2.45, 2.75) is 12.6 Å². The van der Waals surface area contributed by atoms with Gasteiger partial charge < -0.3 is 15.4 Å². The van der Waals surface area contributed by atoms with Crippen LogP contribution in [0.25, 0.3) is 0 Å². The van der Waals surface area contributed by atoms with E-state index in [0.717, 1.165) is 17.8 Å². The van der Waals surface area contributed by atoms with Crippen molar-refractivity contribution in [1.29, 1.82) is 0 Å². The van der Waals surface area contributed by atoms with Gasteiger partial charge in [-0.15, -0.1) is 0 Å². The summed E-state index contributed by atoms with van der Waals surface area (Å²) in [7, 11) is 5.59. The number of hydrogen-bond donors (Lipinski definition) is 1. The normalized spacial score (nSPS) is 12.7. The molecule has 7 heteroatoms. The molecule has 0 aliphatic carbocycles. The molecule has 0 saturated heterocycles. The van der Waals surface area contributed by atoms with Crippen LogP contribution in [0.3, 0.4) is 0 Å². The average molecular weight is 310 g/mol. The number of nitrogens with two attached hydrogens (primary N) is 1. The molecule has 0 amide bonds. The summed E-state index contributed by atoms with van der Waals surface area (Å²) >= 11 is 6.26. The van der Waals surface area contributed by atoms with Crippen LogP contribution in [0, 0.1) is 0 Å². The third-order valence-corrected chi connectivity index (χ3v) is 3.51. The molecule has 2 heterocycles. The number of methoxy groups -OCH3 is 1. The Hall–Kier alpha value is -1.63. The van der Waals surface area contributed by atoms with Crippen LogP contribution in [-0.4, -0.2) is 47.4 Å². The van der Waals surface area contributed by atoms with E-state index in [0.29, 0.717) is 17.4 Å². The molecular formula is C14H20ClN5O. The van der Waals surface area contributed by atoms with Crippen LogP contribution >= 0.6 is 11.6 Å². The van der Waals surface area contributed by atoms with Gasteiger partial charge in [0.2, 0.25) is 5.88 Å². The van der Waals surface area contributed by atoms with Gasteiger partial charge in [-0.3, -0.25) is 4.68 Å². The maximum absolute atomic E-state index is 6.37. The fourth-order valence-electron chi connectivity index (χ4n) is 2.11. The van der Waals surface area contributed by atoms with Crippen molar-refractivity contribution in [3.8, 4) is 5.88 Å². The molecule has 2 N–H and O–H groups in total. The Labute approximate surface area is 129 Å². The van der Waals surface area contributed by atoms with Crippen LogP contribution in [0.15, 0.2) is 24.5 Å². The topological polar surface area (TPSA) is 69.2 Å². The first-order chi connectivity index (χ1) is 10.0. The van der Waals surface area contributed by atoms with Crippen LogP contribution in [0.5, 0.6) is 5.88 Å². The summed E-state index contributed by atoms with van der Waals surface area (Å²) in [6, 6.07) is 3.27. The highest BCUT2D eigenvalue weighted by Gasteiger charge is 2.22. The summed E-state index contributed by atoms with van der Waals surface area (Å²) in [5.41, 5.74) is 7.92. The summed E-state index contributed by atoms with van der Waals surface area (Å²) in [6.07, 6.45) is 3.29. The van der Waals surface area contributed by atoms with Gasteiger partial charge in [0.15, 0.2) is 0 Å². The molecule has 114 valence electrons. The van der Waals surface area contributed by atoms with Gasteiger partial charge >= 0.3 is 0 Å². The lowest BCUT2D eigenvalue weighted by Crippen LogP contribution is -2.24. The number of hydrogen-bond acceptors (Lipinski definition) is 5. The molecule has 0 radical (unpaired) electrons. The van der Waals surface area contributed by atoms with Gasteiger partial charge in [0.25, 0.3) is 0 Å². The minimum absolute atomic E-state index is 0.439. The van der Waals surface area contributed by atoms with E-state index in [-0.39, 0.29) is 0 Å². The lowest BCUT2D eigenvalue weighted by Gasteiger charge is -2.18. The van der Waals surface area contributed by atoms with Crippen LogP contribution in [-0.2, 0) is 6.54 Å². The Morgan fingerprint density at radius 1 is 1.48 bits per heavy atom. The van der Waals surface area contributed by atoms with Crippen molar-refractivity contribution in [2.75, 3.05) is 27.7 Å². The van der Waals surface area contributed by atoms with Crippen LogP contribution < -0.4 is 10.5 Å². The molecule has 1 unspecified atom stereocenters. The third-order valence-electron chi connectivity index (χ3n) is 3.22. The van der Waals surface area contributed by atoms with Crippen molar-refractivity contribution in [3.63, 3.8) is 0 Å². The molecule has 0 aliphatic rings. The molecule has 6 nitrogen and oxygen atoms in total. The van der Waals surface area contributed by atoms with E-state index in [1.165, 1.54) is 0 Å². The Morgan fingerprint density at radius 3 is 2.90 bits per heavy atom. The number of halogens is 1. The molecule has 2 aromatic rings. The molecule has 0 aliphatic heterocycles. The fraction of sp³-hybridized carbons (Fsp3) is 0.429. The maximum Gasteiger partial charge on any atom is 0.218 e. The van der Waals surface area contributed by atoms with Crippen molar-refractivity contribution in [1.82, 2.24) is 19.7 Å². The van der Waals surface area contributed by atoms with Crippen molar-refractivity contribution in [3.05, 3.63) is 40.8 Å². The van der Waals surface area contributed by atoms with Crippen molar-refractivity contribution < 1.29 is 4.74 Å². The third kappa shape index (κ3) is 3.53. The minimum atomic E-state index is -0.439. The van der Waals surface area contributed by atoms with Gasteiger partial charge in [0, 0.05) is 18.3 Å². The lowest BCUT2D eigenvalue weighted by atomic mass is 10.1. The fourth-order valence-corrected chi connectivity index (χ4v) is 2.37. The van der Waals surface area contributed by atoms with Gasteiger partial charge in [-0.2, -0.15) is 5.10 Å². The predicted octanol–water partition coefficient (Wildman–Crippen LogP) is 1.55. The average Bonchev–Trinajstić information content (AvgIpc) is 2.85. The summed E-state index contributed by atoms with van der Waals surface area (Å²) in [5.74, 6) is 0.501. The van der Waals surface area contributed by atoms with Gasteiger partial charge in [-0.05, 0) is 20.2 Å². The number of likely N-dealkylation sites (N-methyl/N-ethyl adjacent to an activating group) is 1. The molecule has 0 bridgehead atoms. The number of aromatic nitrogens is 3. The second-order valence-corrected chi connectivity index (χ2v) is 5.39. The second kappa shape index (κ2) is 6.89.